The van der Waals surface area contributed by atoms with Crippen molar-refractivity contribution in [2.75, 3.05) is 5.32 Å². The lowest BCUT2D eigenvalue weighted by atomic mass is 9.76. The van der Waals surface area contributed by atoms with Crippen molar-refractivity contribution in [2.45, 2.75) is 24.7 Å². The van der Waals surface area contributed by atoms with Gasteiger partial charge in [-0.15, -0.1) is 22.7 Å². The van der Waals surface area contributed by atoms with Crippen molar-refractivity contribution in [3.8, 4) is 0 Å². The van der Waals surface area contributed by atoms with E-state index in [-0.39, 0.29) is 23.2 Å². The summed E-state index contributed by atoms with van der Waals surface area (Å²) in [6.07, 6.45) is 1.29. The maximum Gasteiger partial charge on any atom is 0.270 e. The minimum Gasteiger partial charge on any atom is -0.343 e. The molecular weight excluding hydrogens is 354 g/mol. The number of nitrogens with one attached hydrogen (secondary N) is 3. The molecule has 7 heteroatoms. The largest absolute Gasteiger partial charge is 0.343 e. The molecule has 3 N–H and O–H groups in total. The van der Waals surface area contributed by atoms with Crippen LogP contribution < -0.4 is 10.9 Å². The molecule has 5 nitrogen and oxygen atoms in total. The Labute approximate surface area is 151 Å². The quantitative estimate of drug-likeness (QED) is 0.643. The monoisotopic (exact) mass is 369 g/mol. The zero-order chi connectivity index (χ0) is 17.0. The number of Topliss-reactive ketones (excluding diaryl/α,β-unsaturated/α-hetero) is 1. The molecule has 1 aliphatic carbocycles. The lowest BCUT2D eigenvalue weighted by Crippen LogP contribution is -2.31. The minimum atomic E-state index is -0.280. The van der Waals surface area contributed by atoms with Crippen LogP contribution in [0.3, 0.4) is 0 Å². The number of anilines is 1. The molecule has 2 atom stereocenters. The molecular formula is C18H15N3O2S2. The predicted molar refractivity (Wildman–Crippen MR) is 99.5 cm³/mol. The Kier molecular flexibility index (Phi) is 3.33. The first-order chi connectivity index (χ1) is 12.2. The average molecular weight is 369 g/mol. The maximum absolute atomic E-state index is 13.1. The van der Waals surface area contributed by atoms with Crippen LogP contribution in [0.15, 0.2) is 51.1 Å². The summed E-state index contributed by atoms with van der Waals surface area (Å²) in [5.41, 5.74) is 2.15. The predicted octanol–water partition coefficient (Wildman–Crippen LogP) is 3.78. The zero-order valence-electron chi connectivity index (χ0n) is 13.2. The van der Waals surface area contributed by atoms with Crippen molar-refractivity contribution in [1.29, 1.82) is 0 Å². The van der Waals surface area contributed by atoms with Crippen molar-refractivity contribution >= 4 is 34.3 Å². The van der Waals surface area contributed by atoms with Crippen molar-refractivity contribution in [2.24, 2.45) is 0 Å². The van der Waals surface area contributed by atoms with Crippen LogP contribution >= 0.6 is 22.7 Å². The molecule has 0 radical (unpaired) electrons. The molecule has 2 aliphatic rings. The summed E-state index contributed by atoms with van der Waals surface area (Å²) in [4.78, 5) is 27.7. The molecule has 0 amide bonds. The van der Waals surface area contributed by atoms with Gasteiger partial charge in [0.2, 0.25) is 0 Å². The summed E-state index contributed by atoms with van der Waals surface area (Å²) in [6.45, 7) is 0. The maximum atomic E-state index is 13.1. The topological polar surface area (TPSA) is 77.8 Å². The Bertz CT molecular complexity index is 1030. The molecule has 0 fully saturated rings. The van der Waals surface area contributed by atoms with E-state index in [1.165, 1.54) is 4.88 Å². The van der Waals surface area contributed by atoms with Gasteiger partial charge in [0.05, 0.1) is 11.5 Å². The van der Waals surface area contributed by atoms with Gasteiger partial charge >= 0.3 is 0 Å². The summed E-state index contributed by atoms with van der Waals surface area (Å²) in [5.74, 6) is 0.742. The number of aromatic amines is 2. The van der Waals surface area contributed by atoms with Crippen LogP contribution in [0.4, 0.5) is 5.82 Å². The third-order valence-electron chi connectivity index (χ3n) is 4.95. The van der Waals surface area contributed by atoms with Gasteiger partial charge in [-0.3, -0.25) is 19.8 Å². The molecule has 0 saturated carbocycles. The van der Waals surface area contributed by atoms with E-state index < -0.39 is 0 Å². The molecule has 3 aromatic heterocycles. The number of aromatic nitrogens is 2. The van der Waals surface area contributed by atoms with Crippen molar-refractivity contribution < 1.29 is 4.79 Å². The zero-order valence-corrected chi connectivity index (χ0v) is 14.8. The summed E-state index contributed by atoms with van der Waals surface area (Å²) in [7, 11) is 0. The van der Waals surface area contributed by atoms with Gasteiger partial charge in [0.1, 0.15) is 5.82 Å². The molecule has 0 unspecified atom stereocenters. The van der Waals surface area contributed by atoms with E-state index >= 15 is 0 Å². The highest BCUT2D eigenvalue weighted by Gasteiger charge is 2.40. The highest BCUT2D eigenvalue weighted by molar-refractivity contribution is 7.10. The number of carbonyl (C=O) groups is 1. The van der Waals surface area contributed by atoms with Gasteiger partial charge in [0.15, 0.2) is 5.78 Å². The second-order valence-corrected chi connectivity index (χ2v) is 8.34. The molecule has 3 aromatic rings. The van der Waals surface area contributed by atoms with Crippen LogP contribution in [0, 0.1) is 0 Å². The lowest BCUT2D eigenvalue weighted by Gasteiger charge is -2.33. The van der Waals surface area contributed by atoms with E-state index in [2.05, 4.69) is 21.6 Å². The molecule has 126 valence electrons. The fourth-order valence-electron chi connectivity index (χ4n) is 3.89. The fourth-order valence-corrected chi connectivity index (χ4v) is 5.56. The van der Waals surface area contributed by atoms with E-state index in [1.807, 2.05) is 29.0 Å². The van der Waals surface area contributed by atoms with Gasteiger partial charge in [-0.1, -0.05) is 12.1 Å². The first-order valence-electron chi connectivity index (χ1n) is 8.13. The summed E-state index contributed by atoms with van der Waals surface area (Å²) >= 11 is 3.28. The number of hydrogen-bond acceptors (Lipinski definition) is 5. The van der Waals surface area contributed by atoms with Gasteiger partial charge in [-0.25, -0.2) is 0 Å². The van der Waals surface area contributed by atoms with Crippen LogP contribution in [0.1, 0.15) is 40.0 Å². The van der Waals surface area contributed by atoms with Crippen molar-refractivity contribution in [3.63, 3.8) is 0 Å². The van der Waals surface area contributed by atoms with Gasteiger partial charge in [-0.05, 0) is 29.3 Å². The summed E-state index contributed by atoms with van der Waals surface area (Å²) in [6, 6.07) is 8.08. The Balaban J connectivity index is 1.66. The second kappa shape index (κ2) is 5.57. The molecule has 0 aromatic carbocycles. The van der Waals surface area contributed by atoms with E-state index in [1.54, 1.807) is 22.7 Å². The number of ketones is 1. The van der Waals surface area contributed by atoms with Crippen LogP contribution in [-0.2, 0) is 4.79 Å². The average Bonchev–Trinajstić information content (AvgIpc) is 3.36. The van der Waals surface area contributed by atoms with Gasteiger partial charge in [0.25, 0.3) is 5.56 Å². The highest BCUT2D eigenvalue weighted by Crippen LogP contribution is 2.47. The first-order valence-corrected chi connectivity index (χ1v) is 9.89. The van der Waals surface area contributed by atoms with Crippen molar-refractivity contribution in [1.82, 2.24) is 10.2 Å². The van der Waals surface area contributed by atoms with Gasteiger partial charge in [0, 0.05) is 33.4 Å². The van der Waals surface area contributed by atoms with Gasteiger partial charge in [-0.2, -0.15) is 0 Å². The van der Waals surface area contributed by atoms with Crippen molar-refractivity contribution in [3.05, 3.63) is 72.0 Å². The molecule has 5 rings (SSSR count). The lowest BCUT2D eigenvalue weighted by molar-refractivity contribution is -0.116. The van der Waals surface area contributed by atoms with Crippen LogP contribution in [-0.4, -0.2) is 16.0 Å². The number of rotatable bonds is 2. The van der Waals surface area contributed by atoms with E-state index in [4.69, 9.17) is 0 Å². The molecule has 4 heterocycles. The molecule has 25 heavy (non-hydrogen) atoms. The molecule has 0 bridgehead atoms. The SMILES string of the molecule is O=C1C[C@@H](c2cccs2)CC2=C1[C@H](c1cccs1)c1c([nH][nH]c1=O)N2. The fraction of sp³-hybridized carbons (Fsp3) is 0.222. The number of carbonyl (C=O) groups excluding carboxylic acids is 1. The normalized spacial score (nSPS) is 22.5. The van der Waals surface area contributed by atoms with E-state index in [0.29, 0.717) is 17.8 Å². The number of thiophene rings is 2. The van der Waals surface area contributed by atoms with Crippen LogP contribution in [0.5, 0.6) is 0 Å². The minimum absolute atomic E-state index is 0.136. The van der Waals surface area contributed by atoms with Gasteiger partial charge < -0.3 is 5.32 Å². The molecule has 0 saturated heterocycles. The molecule has 0 spiro atoms. The number of fused-ring (bicyclic) bond motifs is 1. The van der Waals surface area contributed by atoms with E-state index in [0.717, 1.165) is 22.6 Å². The Hall–Kier alpha value is -2.38. The number of hydrogen-bond donors (Lipinski definition) is 3. The number of allylic oxidation sites excluding steroid dienone is 2. The summed E-state index contributed by atoms with van der Waals surface area (Å²) < 4.78 is 0. The Morgan fingerprint density at radius 2 is 1.72 bits per heavy atom. The first kappa shape index (κ1) is 14.9. The smallest absolute Gasteiger partial charge is 0.270 e. The third-order valence-corrected chi connectivity index (χ3v) is 6.92. The second-order valence-electron chi connectivity index (χ2n) is 6.38. The summed E-state index contributed by atoms with van der Waals surface area (Å²) in [5, 5.41) is 12.9. The molecule has 1 aliphatic heterocycles. The van der Waals surface area contributed by atoms with Crippen LogP contribution in [0.2, 0.25) is 0 Å². The Morgan fingerprint density at radius 1 is 0.960 bits per heavy atom. The standard InChI is InChI=1S/C18H15N3O2S2/c22-11-8-9(12-3-1-5-24-12)7-10-14(11)15(13-4-2-6-25-13)16-17(19-10)20-21-18(16)23/h1-6,9,15H,7-8H2,(H3,19,20,21,23)/t9-,15-/m0/s1. The third kappa shape index (κ3) is 2.26. The highest BCUT2D eigenvalue weighted by atomic mass is 32.1. The van der Waals surface area contributed by atoms with Crippen LogP contribution in [0.25, 0.3) is 0 Å². The number of H-pyrrole nitrogens is 2. The Morgan fingerprint density at radius 3 is 2.44 bits per heavy atom. The van der Waals surface area contributed by atoms with E-state index in [9.17, 15) is 9.59 Å².